The van der Waals surface area contributed by atoms with Gasteiger partial charge >= 0.3 is 0 Å². The van der Waals surface area contributed by atoms with Gasteiger partial charge in [-0.1, -0.05) is 0 Å². The fourth-order valence-electron chi connectivity index (χ4n) is 0.543. The summed E-state index contributed by atoms with van der Waals surface area (Å²) in [6.07, 6.45) is 2.00. The Morgan fingerprint density at radius 1 is 1.14 bits per heavy atom. The molecule has 0 amide bonds. The average molecular weight is 103 g/mol. The van der Waals surface area contributed by atoms with Crippen LogP contribution in [0.3, 0.4) is 0 Å². The van der Waals surface area contributed by atoms with Gasteiger partial charge in [-0.3, -0.25) is 0 Å². The van der Waals surface area contributed by atoms with E-state index in [1.54, 1.807) is 0 Å². The summed E-state index contributed by atoms with van der Waals surface area (Å²) < 4.78 is 0. The van der Waals surface area contributed by atoms with Gasteiger partial charge in [-0.25, -0.2) is 0 Å². The summed E-state index contributed by atoms with van der Waals surface area (Å²) in [5.74, 6) is 0. The van der Waals surface area contributed by atoms with E-state index in [0.29, 0.717) is 0 Å². The first-order chi connectivity index (χ1) is 3.33. The van der Waals surface area contributed by atoms with Crippen molar-refractivity contribution in [2.75, 3.05) is 13.2 Å². The molecule has 0 aromatic carbocycles. The molecular formula is C5H10O2. The lowest BCUT2D eigenvalue weighted by molar-refractivity contribution is 0.134. The highest BCUT2D eigenvalue weighted by molar-refractivity contribution is 4.91. The molecule has 0 aromatic rings. The highest BCUT2D eigenvalue weighted by Gasteiger charge is 2.41. The molecule has 1 fully saturated rings. The molecule has 0 heterocycles. The lowest BCUT2D eigenvalue weighted by Crippen LogP contribution is -2.10. The van der Waals surface area contributed by atoms with Crippen LogP contribution in [0.1, 0.15) is 12.8 Å². The molecular weight excluding hydrogens is 93.0 g/mol. The van der Waals surface area contributed by atoms with E-state index in [9.17, 15) is 0 Å². The Morgan fingerprint density at radius 2 is 1.57 bits per heavy atom. The average Bonchev–Trinajstić information content (AvgIpc) is 2.46. The Kier molecular flexibility index (Phi) is 1.05. The first kappa shape index (κ1) is 5.06. The van der Waals surface area contributed by atoms with Crippen LogP contribution in [0.4, 0.5) is 0 Å². The van der Waals surface area contributed by atoms with Gasteiger partial charge in [-0.2, -0.15) is 0 Å². The van der Waals surface area contributed by atoms with Crippen molar-refractivity contribution in [2.45, 2.75) is 12.8 Å². The molecule has 0 unspecified atom stereocenters. The minimum Gasteiger partial charge on any atom is -0.396 e. The summed E-state index contributed by atoms with van der Waals surface area (Å²) >= 11 is 0. The van der Waals surface area contributed by atoms with Crippen molar-refractivity contribution >= 4 is 0 Å². The molecule has 2 heteroatoms. The van der Waals surface area contributed by atoms with Crippen molar-refractivity contribution in [3.05, 3.63) is 0 Å². The van der Waals surface area contributed by atoms with Crippen LogP contribution in [-0.4, -0.2) is 23.4 Å². The molecule has 2 N–H and O–H groups in total. The van der Waals surface area contributed by atoms with Crippen molar-refractivity contribution in [2.24, 2.45) is 5.41 Å². The normalized spacial score (nSPS) is 24.9. The number of hydrogen-bond donors (Lipinski definition) is 2. The standard InChI is InChI=1S/C5H10O2/c6-3-5(4-7)1-2-5/h6-7H,1-4H2/i5+1. The zero-order valence-corrected chi connectivity index (χ0v) is 4.22. The summed E-state index contributed by atoms with van der Waals surface area (Å²) in [5.41, 5.74) is -0.0556. The van der Waals surface area contributed by atoms with Crippen LogP contribution in [0.15, 0.2) is 0 Å². The van der Waals surface area contributed by atoms with Crippen LogP contribution in [-0.2, 0) is 0 Å². The van der Waals surface area contributed by atoms with Gasteiger partial charge in [0.05, 0.1) is 13.2 Å². The maximum absolute atomic E-state index is 8.50. The van der Waals surface area contributed by atoms with Crippen LogP contribution in [0.25, 0.3) is 0 Å². The summed E-state index contributed by atoms with van der Waals surface area (Å²) in [6.45, 7) is 0.312. The maximum Gasteiger partial charge on any atom is 0.0509 e. The topological polar surface area (TPSA) is 40.5 Å². The smallest absolute Gasteiger partial charge is 0.0509 e. The summed E-state index contributed by atoms with van der Waals surface area (Å²) in [6, 6.07) is 0. The minimum absolute atomic E-state index is 0.0556. The molecule has 0 spiro atoms. The van der Waals surface area contributed by atoms with Crippen LogP contribution < -0.4 is 0 Å². The Hall–Kier alpha value is -0.0800. The predicted octanol–water partition coefficient (Wildman–Crippen LogP) is -0.249. The lowest BCUT2D eigenvalue weighted by atomic mass is 10.6. The molecule has 1 rings (SSSR count). The first-order valence-corrected chi connectivity index (χ1v) is 2.55. The Balaban J connectivity index is 2.28. The van der Waals surface area contributed by atoms with Crippen LogP contribution in [0, 0.1) is 5.41 Å². The molecule has 0 atom stereocenters. The second kappa shape index (κ2) is 1.46. The largest absolute Gasteiger partial charge is 0.396 e. The summed E-state index contributed by atoms with van der Waals surface area (Å²) in [7, 11) is 0. The third kappa shape index (κ3) is 0.763. The first-order valence-electron chi connectivity index (χ1n) is 2.55. The number of rotatable bonds is 2. The Bertz CT molecular complexity index is 60.5. The van der Waals surface area contributed by atoms with Crippen molar-refractivity contribution < 1.29 is 10.2 Å². The molecule has 0 bridgehead atoms. The maximum atomic E-state index is 8.50. The van der Waals surface area contributed by atoms with Gasteiger partial charge < -0.3 is 10.2 Å². The quantitative estimate of drug-likeness (QED) is 0.473. The van der Waals surface area contributed by atoms with Gasteiger partial charge in [0.2, 0.25) is 0 Å². The van der Waals surface area contributed by atoms with E-state index in [-0.39, 0.29) is 18.6 Å². The summed E-state index contributed by atoms with van der Waals surface area (Å²) in [4.78, 5) is 0. The van der Waals surface area contributed by atoms with Crippen molar-refractivity contribution in [1.82, 2.24) is 0 Å². The van der Waals surface area contributed by atoms with E-state index in [2.05, 4.69) is 0 Å². The van der Waals surface area contributed by atoms with E-state index in [0.717, 1.165) is 12.8 Å². The van der Waals surface area contributed by atoms with E-state index < -0.39 is 0 Å². The predicted molar refractivity (Wildman–Crippen MR) is 25.8 cm³/mol. The molecule has 1 saturated carbocycles. The minimum atomic E-state index is -0.0556. The molecule has 1 aliphatic carbocycles. The number of hydrogen-bond acceptors (Lipinski definition) is 2. The number of aliphatic hydroxyl groups is 2. The highest BCUT2D eigenvalue weighted by atomic mass is 16.3. The lowest BCUT2D eigenvalue weighted by Gasteiger charge is -2.02. The van der Waals surface area contributed by atoms with Crippen LogP contribution in [0.5, 0.6) is 0 Å². The second-order valence-corrected chi connectivity index (χ2v) is 2.32. The van der Waals surface area contributed by atoms with Gasteiger partial charge in [0, 0.05) is 5.41 Å². The SMILES string of the molecule is OC[13C]1(CO)CC1. The van der Waals surface area contributed by atoms with Gasteiger partial charge in [0.1, 0.15) is 0 Å². The van der Waals surface area contributed by atoms with Gasteiger partial charge in [-0.05, 0) is 12.8 Å². The van der Waals surface area contributed by atoms with Crippen molar-refractivity contribution in [3.63, 3.8) is 0 Å². The van der Waals surface area contributed by atoms with E-state index >= 15 is 0 Å². The fraction of sp³-hybridized carbons (Fsp3) is 1.00. The van der Waals surface area contributed by atoms with Gasteiger partial charge in [-0.15, -0.1) is 0 Å². The molecule has 2 nitrogen and oxygen atoms in total. The molecule has 42 valence electrons. The monoisotopic (exact) mass is 103 g/mol. The molecule has 7 heavy (non-hydrogen) atoms. The highest BCUT2D eigenvalue weighted by Crippen LogP contribution is 2.43. The summed E-state index contributed by atoms with van der Waals surface area (Å²) in [5, 5.41) is 17.0. The third-order valence-corrected chi connectivity index (χ3v) is 1.63. The Labute approximate surface area is 42.8 Å². The zero-order valence-electron chi connectivity index (χ0n) is 4.22. The van der Waals surface area contributed by atoms with E-state index in [1.165, 1.54) is 0 Å². The zero-order chi connectivity index (χ0) is 5.33. The second-order valence-electron chi connectivity index (χ2n) is 2.32. The van der Waals surface area contributed by atoms with Crippen molar-refractivity contribution in [1.29, 1.82) is 0 Å². The molecule has 0 aliphatic heterocycles. The van der Waals surface area contributed by atoms with Crippen LogP contribution >= 0.6 is 0 Å². The molecule has 0 saturated heterocycles. The fourth-order valence-corrected chi connectivity index (χ4v) is 0.543. The van der Waals surface area contributed by atoms with E-state index in [1.807, 2.05) is 0 Å². The number of aliphatic hydroxyl groups excluding tert-OH is 2. The van der Waals surface area contributed by atoms with Gasteiger partial charge in [0.15, 0.2) is 0 Å². The molecule has 0 radical (unpaired) electrons. The van der Waals surface area contributed by atoms with Crippen molar-refractivity contribution in [3.8, 4) is 0 Å². The molecule has 1 aliphatic rings. The van der Waals surface area contributed by atoms with Crippen LogP contribution in [0.2, 0.25) is 0 Å². The third-order valence-electron chi connectivity index (χ3n) is 1.63. The van der Waals surface area contributed by atoms with E-state index in [4.69, 9.17) is 10.2 Å². The van der Waals surface area contributed by atoms with Gasteiger partial charge in [0.25, 0.3) is 0 Å². The molecule has 0 aromatic heterocycles. The Morgan fingerprint density at radius 3 is 1.57 bits per heavy atom.